The number of nitrogens with zero attached hydrogens (tertiary/aromatic N) is 3. The van der Waals surface area contributed by atoms with Crippen LogP contribution in [0.25, 0.3) is 5.65 Å². The van der Waals surface area contributed by atoms with Crippen LogP contribution < -0.4 is 10.1 Å². The Bertz CT molecular complexity index is 887. The summed E-state index contributed by atoms with van der Waals surface area (Å²) in [5.74, 6) is 0.691. The maximum atomic E-state index is 12.4. The molecular weight excluding hydrogens is 340 g/mol. The van der Waals surface area contributed by atoms with Gasteiger partial charge in [0.05, 0.1) is 6.61 Å². The van der Waals surface area contributed by atoms with Gasteiger partial charge in [-0.15, -0.1) is 0 Å². The van der Waals surface area contributed by atoms with Crippen molar-refractivity contribution in [3.63, 3.8) is 0 Å². The van der Waals surface area contributed by atoms with Crippen LogP contribution in [0, 0.1) is 6.92 Å². The van der Waals surface area contributed by atoms with E-state index in [0.29, 0.717) is 17.9 Å². The van der Waals surface area contributed by atoms with Gasteiger partial charge in [0.25, 0.3) is 5.91 Å². The van der Waals surface area contributed by atoms with E-state index < -0.39 is 0 Å². The molecule has 0 fully saturated rings. The van der Waals surface area contributed by atoms with Crippen molar-refractivity contribution in [3.05, 3.63) is 59.8 Å². The number of imidazole rings is 1. The first-order valence-corrected chi connectivity index (χ1v) is 9.47. The molecule has 3 aromatic rings. The summed E-state index contributed by atoms with van der Waals surface area (Å²) in [6, 6.07) is 9.93. The molecule has 0 atom stereocenters. The highest BCUT2D eigenvalue weighted by atomic mass is 16.5. The summed E-state index contributed by atoms with van der Waals surface area (Å²) in [5.41, 5.74) is 3.08. The fraction of sp³-hybridized carbons (Fsp3) is 0.381. The van der Waals surface area contributed by atoms with E-state index in [-0.39, 0.29) is 5.91 Å². The average Bonchev–Trinajstić information content (AvgIpc) is 3.12. The van der Waals surface area contributed by atoms with Crippen molar-refractivity contribution in [1.29, 1.82) is 0 Å². The van der Waals surface area contributed by atoms with E-state index in [1.54, 1.807) is 12.5 Å². The lowest BCUT2D eigenvalue weighted by Crippen LogP contribution is -2.26. The number of unbranched alkanes of at least 4 members (excludes halogenated alkanes) is 2. The molecule has 2 heterocycles. The van der Waals surface area contributed by atoms with Gasteiger partial charge in [0.15, 0.2) is 11.3 Å². The summed E-state index contributed by atoms with van der Waals surface area (Å²) in [6.07, 6.45) is 7.54. The number of nitrogens with one attached hydrogen (secondary N) is 1. The second-order valence-corrected chi connectivity index (χ2v) is 6.58. The molecule has 0 radical (unpaired) electrons. The maximum absolute atomic E-state index is 12.4. The minimum atomic E-state index is -0.202. The van der Waals surface area contributed by atoms with Gasteiger partial charge in [-0.1, -0.05) is 31.9 Å². The van der Waals surface area contributed by atoms with Crippen LogP contribution in [0.1, 0.15) is 47.9 Å². The van der Waals surface area contributed by atoms with Crippen molar-refractivity contribution >= 4 is 11.6 Å². The molecule has 0 aliphatic heterocycles. The zero-order valence-electron chi connectivity index (χ0n) is 15.9. The number of benzene rings is 1. The molecule has 27 heavy (non-hydrogen) atoms. The van der Waals surface area contributed by atoms with Crippen molar-refractivity contribution in [1.82, 2.24) is 19.7 Å². The minimum absolute atomic E-state index is 0.202. The van der Waals surface area contributed by atoms with E-state index in [1.807, 2.05) is 41.7 Å². The van der Waals surface area contributed by atoms with Gasteiger partial charge in [0, 0.05) is 18.4 Å². The number of ether oxygens (including phenoxy) is 1. The molecule has 0 saturated heterocycles. The molecule has 1 amide bonds. The third-order valence-corrected chi connectivity index (χ3v) is 4.49. The quantitative estimate of drug-likeness (QED) is 0.588. The van der Waals surface area contributed by atoms with Gasteiger partial charge < -0.3 is 10.1 Å². The second-order valence-electron chi connectivity index (χ2n) is 6.58. The topological polar surface area (TPSA) is 68.5 Å². The third kappa shape index (κ3) is 4.84. The van der Waals surface area contributed by atoms with Crippen LogP contribution in [0.15, 0.2) is 42.9 Å². The molecule has 2 aromatic heterocycles. The van der Waals surface area contributed by atoms with Gasteiger partial charge in [-0.05, 0) is 43.5 Å². The largest absolute Gasteiger partial charge is 0.494 e. The van der Waals surface area contributed by atoms with Crippen LogP contribution in [-0.4, -0.2) is 33.4 Å². The van der Waals surface area contributed by atoms with Crippen LogP contribution in [0.2, 0.25) is 0 Å². The van der Waals surface area contributed by atoms with E-state index in [2.05, 4.69) is 22.2 Å². The highest BCUT2D eigenvalue weighted by Gasteiger charge is 2.14. The van der Waals surface area contributed by atoms with Gasteiger partial charge in [-0.2, -0.15) is 0 Å². The summed E-state index contributed by atoms with van der Waals surface area (Å²) >= 11 is 0. The number of fused-ring (bicyclic) bond motifs is 1. The number of hydrogen-bond acceptors (Lipinski definition) is 4. The lowest BCUT2D eigenvalue weighted by molar-refractivity contribution is 0.0951. The number of carbonyl (C=O) groups is 1. The molecule has 6 nitrogen and oxygen atoms in total. The summed E-state index contributed by atoms with van der Waals surface area (Å²) in [5, 5.41) is 2.92. The predicted octanol–water partition coefficient (Wildman–Crippen LogP) is 3.58. The summed E-state index contributed by atoms with van der Waals surface area (Å²) in [7, 11) is 0. The van der Waals surface area contributed by atoms with E-state index in [4.69, 9.17) is 4.74 Å². The fourth-order valence-corrected chi connectivity index (χ4v) is 2.88. The van der Waals surface area contributed by atoms with Crippen LogP contribution in [0.3, 0.4) is 0 Å². The number of hydrogen-bond donors (Lipinski definition) is 1. The first-order chi connectivity index (χ1) is 13.2. The molecule has 0 spiro atoms. The van der Waals surface area contributed by atoms with Crippen molar-refractivity contribution in [3.8, 4) is 5.75 Å². The molecule has 6 heteroatoms. The van der Waals surface area contributed by atoms with Crippen molar-refractivity contribution < 1.29 is 9.53 Å². The minimum Gasteiger partial charge on any atom is -0.494 e. The number of amides is 1. The van der Waals surface area contributed by atoms with Gasteiger partial charge in [0.1, 0.15) is 12.1 Å². The SMILES string of the molecule is CCCCCOc1ccc(CCNC(=O)c2ncn3c(C)ccnc23)cc1. The number of aromatic nitrogens is 3. The highest BCUT2D eigenvalue weighted by Crippen LogP contribution is 2.13. The maximum Gasteiger partial charge on any atom is 0.273 e. The Morgan fingerprint density at radius 1 is 1.15 bits per heavy atom. The summed E-state index contributed by atoms with van der Waals surface area (Å²) in [4.78, 5) is 20.9. The zero-order valence-corrected chi connectivity index (χ0v) is 15.9. The monoisotopic (exact) mass is 366 g/mol. The Hall–Kier alpha value is -2.89. The third-order valence-electron chi connectivity index (χ3n) is 4.49. The van der Waals surface area contributed by atoms with E-state index >= 15 is 0 Å². The lowest BCUT2D eigenvalue weighted by atomic mass is 10.1. The van der Waals surface area contributed by atoms with Crippen molar-refractivity contribution in [2.45, 2.75) is 39.5 Å². The molecule has 0 aliphatic rings. The highest BCUT2D eigenvalue weighted by molar-refractivity contribution is 5.97. The number of rotatable bonds is 9. The van der Waals surface area contributed by atoms with Crippen LogP contribution >= 0.6 is 0 Å². The van der Waals surface area contributed by atoms with Crippen LogP contribution in [0.4, 0.5) is 0 Å². The molecule has 0 aliphatic carbocycles. The molecule has 1 aromatic carbocycles. The first-order valence-electron chi connectivity index (χ1n) is 9.47. The molecule has 0 saturated carbocycles. The Kier molecular flexibility index (Phi) is 6.41. The van der Waals surface area contributed by atoms with Gasteiger partial charge in [-0.3, -0.25) is 9.20 Å². The first kappa shape index (κ1) is 18.9. The van der Waals surface area contributed by atoms with E-state index in [9.17, 15) is 4.79 Å². The van der Waals surface area contributed by atoms with E-state index in [0.717, 1.165) is 36.5 Å². The lowest BCUT2D eigenvalue weighted by Gasteiger charge is -2.07. The average molecular weight is 366 g/mol. The van der Waals surface area contributed by atoms with Crippen LogP contribution in [0.5, 0.6) is 5.75 Å². The smallest absolute Gasteiger partial charge is 0.273 e. The summed E-state index contributed by atoms with van der Waals surface area (Å²) < 4.78 is 7.53. The van der Waals surface area contributed by atoms with Gasteiger partial charge in [-0.25, -0.2) is 9.97 Å². The van der Waals surface area contributed by atoms with Crippen molar-refractivity contribution in [2.24, 2.45) is 0 Å². The normalized spacial score (nSPS) is 10.9. The molecule has 0 unspecified atom stereocenters. The molecule has 0 bridgehead atoms. The van der Waals surface area contributed by atoms with Gasteiger partial charge >= 0.3 is 0 Å². The predicted molar refractivity (Wildman–Crippen MR) is 105 cm³/mol. The zero-order chi connectivity index (χ0) is 19.1. The van der Waals surface area contributed by atoms with E-state index in [1.165, 1.54) is 12.8 Å². The molecule has 3 rings (SSSR count). The Morgan fingerprint density at radius 3 is 2.74 bits per heavy atom. The molecule has 142 valence electrons. The number of carbonyl (C=O) groups excluding carboxylic acids is 1. The van der Waals surface area contributed by atoms with Gasteiger partial charge in [0.2, 0.25) is 0 Å². The van der Waals surface area contributed by atoms with Crippen LogP contribution in [-0.2, 0) is 6.42 Å². The standard InChI is InChI=1S/C21H26N4O2/c1-3-4-5-14-27-18-8-6-17(7-9-18)11-13-23-21(26)19-20-22-12-10-16(2)25(20)15-24-19/h6-10,12,15H,3-5,11,13-14H2,1-2H3,(H,23,26). The molecule has 1 N–H and O–H groups in total. The second kappa shape index (κ2) is 9.16. The number of aryl methyl sites for hydroxylation is 1. The molecular formula is C21H26N4O2. The Labute approximate surface area is 159 Å². The fourth-order valence-electron chi connectivity index (χ4n) is 2.88. The van der Waals surface area contributed by atoms with Crippen molar-refractivity contribution in [2.75, 3.05) is 13.2 Å². The summed E-state index contributed by atoms with van der Waals surface area (Å²) in [6.45, 7) is 5.44. The Balaban J connectivity index is 1.49. The Morgan fingerprint density at radius 2 is 1.96 bits per heavy atom.